The summed E-state index contributed by atoms with van der Waals surface area (Å²) in [5.41, 5.74) is 0.281. The number of aliphatic hydroxyl groups is 1. The highest BCUT2D eigenvalue weighted by atomic mass is 19.4. The molecule has 1 aliphatic carbocycles. The summed E-state index contributed by atoms with van der Waals surface area (Å²) < 4.78 is 40.3. The molecule has 22 heavy (non-hydrogen) atoms. The molecule has 2 unspecified atom stereocenters. The molecular weight excluding hydrogens is 299 g/mol. The second kappa shape index (κ2) is 5.01. The lowest BCUT2D eigenvalue weighted by atomic mass is 10.2. The highest BCUT2D eigenvalue weighted by Gasteiger charge is 2.42. The van der Waals surface area contributed by atoms with E-state index in [-0.39, 0.29) is 30.0 Å². The number of hydrogen-bond acceptors (Lipinski definition) is 5. The molecule has 3 rings (SSSR count). The van der Waals surface area contributed by atoms with Crippen LogP contribution in [0, 0.1) is 19.8 Å². The van der Waals surface area contributed by atoms with Gasteiger partial charge in [0.25, 0.3) is 0 Å². The smallest absolute Gasteiger partial charge is 0.396 e. The number of hydrogen-bond donors (Lipinski definition) is 1. The number of nitrogens with zero attached hydrogens (tertiary/aromatic N) is 5. The average Bonchev–Trinajstić information content (AvgIpc) is 3.15. The third kappa shape index (κ3) is 2.68. The van der Waals surface area contributed by atoms with Crippen LogP contribution < -0.4 is 0 Å². The van der Waals surface area contributed by atoms with Gasteiger partial charge in [-0.15, -0.1) is 5.10 Å². The van der Waals surface area contributed by atoms with Crippen molar-refractivity contribution >= 4 is 0 Å². The van der Waals surface area contributed by atoms with Gasteiger partial charge in [0.2, 0.25) is 5.82 Å². The van der Waals surface area contributed by atoms with Crippen LogP contribution in [0.4, 0.5) is 13.2 Å². The Balaban J connectivity index is 2.10. The van der Waals surface area contributed by atoms with E-state index in [1.165, 1.54) is 10.7 Å². The van der Waals surface area contributed by atoms with Gasteiger partial charge in [-0.25, -0.2) is 15.0 Å². The molecule has 0 spiro atoms. The lowest BCUT2D eigenvalue weighted by Crippen LogP contribution is -2.16. The van der Waals surface area contributed by atoms with Crippen LogP contribution in [0.5, 0.6) is 0 Å². The van der Waals surface area contributed by atoms with Crippen LogP contribution in [-0.2, 0) is 6.18 Å². The Morgan fingerprint density at radius 1 is 1.27 bits per heavy atom. The summed E-state index contributed by atoms with van der Waals surface area (Å²) >= 11 is 0. The summed E-state index contributed by atoms with van der Waals surface area (Å²) in [6.45, 7) is 3.23. The Morgan fingerprint density at radius 3 is 2.50 bits per heavy atom. The predicted octanol–water partition coefficient (Wildman–Crippen LogP) is 1.79. The van der Waals surface area contributed by atoms with Gasteiger partial charge in [0.15, 0.2) is 5.82 Å². The predicted molar refractivity (Wildman–Crippen MR) is 69.4 cm³/mol. The van der Waals surface area contributed by atoms with E-state index in [9.17, 15) is 13.2 Å². The van der Waals surface area contributed by atoms with Gasteiger partial charge in [-0.2, -0.15) is 17.9 Å². The molecule has 0 saturated heterocycles. The van der Waals surface area contributed by atoms with E-state index >= 15 is 0 Å². The number of aliphatic hydroxyl groups excluding tert-OH is 1. The molecule has 1 saturated carbocycles. The van der Waals surface area contributed by atoms with E-state index in [2.05, 4.69) is 20.1 Å². The monoisotopic (exact) mass is 313 g/mol. The van der Waals surface area contributed by atoms with Crippen molar-refractivity contribution in [3.63, 3.8) is 0 Å². The molecule has 2 atom stereocenters. The zero-order valence-corrected chi connectivity index (χ0v) is 12.0. The van der Waals surface area contributed by atoms with Crippen LogP contribution in [0.1, 0.15) is 35.5 Å². The number of aromatic nitrogens is 5. The van der Waals surface area contributed by atoms with Crippen molar-refractivity contribution in [2.24, 2.45) is 5.92 Å². The van der Waals surface area contributed by atoms with Crippen molar-refractivity contribution in [2.45, 2.75) is 32.4 Å². The Hall–Kier alpha value is -2.03. The first-order valence-electron chi connectivity index (χ1n) is 6.77. The minimum atomic E-state index is -4.64. The summed E-state index contributed by atoms with van der Waals surface area (Å²) in [6.07, 6.45) is -4.02. The Kier molecular flexibility index (Phi) is 3.39. The first-order chi connectivity index (χ1) is 10.3. The third-order valence-electron chi connectivity index (χ3n) is 3.61. The molecular formula is C13H14F3N5O. The molecule has 2 aromatic rings. The number of rotatable bonds is 3. The lowest BCUT2D eigenvalue weighted by Gasteiger charge is -2.10. The topological polar surface area (TPSA) is 76.7 Å². The summed E-state index contributed by atoms with van der Waals surface area (Å²) in [4.78, 5) is 11.3. The van der Waals surface area contributed by atoms with E-state index in [1.54, 1.807) is 13.8 Å². The van der Waals surface area contributed by atoms with E-state index in [4.69, 9.17) is 5.11 Å². The molecule has 0 amide bonds. The van der Waals surface area contributed by atoms with Crippen LogP contribution >= 0.6 is 0 Å². The van der Waals surface area contributed by atoms with Gasteiger partial charge in [0.1, 0.15) is 11.6 Å². The minimum absolute atomic E-state index is 0.0394. The summed E-state index contributed by atoms with van der Waals surface area (Å²) in [7, 11) is 0. The van der Waals surface area contributed by atoms with Crippen LogP contribution in [0.3, 0.4) is 0 Å². The molecule has 1 N–H and O–H groups in total. The summed E-state index contributed by atoms with van der Waals surface area (Å²) in [5, 5.41) is 13.2. The number of alkyl halides is 3. The first-order valence-corrected chi connectivity index (χ1v) is 6.77. The number of halogens is 3. The molecule has 0 bridgehead atoms. The van der Waals surface area contributed by atoms with Gasteiger partial charge >= 0.3 is 6.18 Å². The van der Waals surface area contributed by atoms with Crippen LogP contribution in [-0.4, -0.2) is 36.4 Å². The molecule has 2 aromatic heterocycles. The Bertz CT molecular complexity index is 712. The fourth-order valence-electron chi connectivity index (χ4n) is 2.43. The number of aryl methyl sites for hydroxylation is 2. The molecule has 0 aromatic carbocycles. The van der Waals surface area contributed by atoms with Gasteiger partial charge in [0.05, 0.1) is 5.69 Å². The van der Waals surface area contributed by atoms with E-state index in [0.29, 0.717) is 18.1 Å². The van der Waals surface area contributed by atoms with Gasteiger partial charge in [-0.05, 0) is 26.2 Å². The van der Waals surface area contributed by atoms with Crippen molar-refractivity contribution in [3.8, 4) is 5.82 Å². The van der Waals surface area contributed by atoms with E-state index < -0.39 is 12.0 Å². The minimum Gasteiger partial charge on any atom is -0.396 e. The van der Waals surface area contributed by atoms with Crippen LogP contribution in [0.15, 0.2) is 6.07 Å². The molecule has 6 nitrogen and oxygen atoms in total. The summed E-state index contributed by atoms with van der Waals surface area (Å²) in [5.74, 6) is -0.467. The second-order valence-electron chi connectivity index (χ2n) is 5.38. The Morgan fingerprint density at radius 2 is 2.00 bits per heavy atom. The summed E-state index contributed by atoms with van der Waals surface area (Å²) in [6, 6.07) is 1.48. The van der Waals surface area contributed by atoms with Gasteiger partial charge in [-0.1, -0.05) is 0 Å². The standard InChI is InChI=1S/C13H14F3N5O/c1-6-17-7(2)21(20-6)11-4-10(9-3-8(9)5-22)18-12(19-11)13(14,15)16/h4,8-9,22H,3,5H2,1-2H3. The quantitative estimate of drug-likeness (QED) is 0.935. The molecule has 9 heteroatoms. The van der Waals surface area contributed by atoms with Crippen molar-refractivity contribution in [1.82, 2.24) is 24.7 Å². The van der Waals surface area contributed by atoms with Crippen molar-refractivity contribution in [1.29, 1.82) is 0 Å². The van der Waals surface area contributed by atoms with Gasteiger partial charge in [0, 0.05) is 18.6 Å². The fraction of sp³-hybridized carbons (Fsp3) is 0.538. The van der Waals surface area contributed by atoms with Crippen LogP contribution in [0.25, 0.3) is 5.82 Å². The highest BCUT2D eigenvalue weighted by molar-refractivity contribution is 5.30. The lowest BCUT2D eigenvalue weighted by molar-refractivity contribution is -0.145. The van der Waals surface area contributed by atoms with E-state index in [1.807, 2.05) is 0 Å². The molecule has 0 aliphatic heterocycles. The maximum absolute atomic E-state index is 13.0. The fourth-order valence-corrected chi connectivity index (χ4v) is 2.43. The van der Waals surface area contributed by atoms with Crippen molar-refractivity contribution in [3.05, 3.63) is 29.2 Å². The van der Waals surface area contributed by atoms with Gasteiger partial charge in [-0.3, -0.25) is 0 Å². The maximum atomic E-state index is 13.0. The van der Waals surface area contributed by atoms with E-state index in [0.717, 1.165) is 0 Å². The Labute approximate surface area is 124 Å². The molecule has 118 valence electrons. The molecule has 1 aliphatic rings. The van der Waals surface area contributed by atoms with Gasteiger partial charge < -0.3 is 5.11 Å². The highest BCUT2D eigenvalue weighted by Crippen LogP contribution is 2.46. The average molecular weight is 313 g/mol. The maximum Gasteiger partial charge on any atom is 0.451 e. The zero-order chi connectivity index (χ0) is 16.1. The second-order valence-corrected chi connectivity index (χ2v) is 5.38. The first kappa shape index (κ1) is 14.9. The largest absolute Gasteiger partial charge is 0.451 e. The molecule has 1 fully saturated rings. The van der Waals surface area contributed by atoms with Crippen molar-refractivity contribution in [2.75, 3.05) is 6.61 Å². The molecule has 0 radical (unpaired) electrons. The third-order valence-corrected chi connectivity index (χ3v) is 3.61. The molecule has 2 heterocycles. The SMILES string of the molecule is Cc1nc(C)n(-c2cc(C3CC3CO)nc(C(F)(F)F)n2)n1. The van der Waals surface area contributed by atoms with Crippen molar-refractivity contribution < 1.29 is 18.3 Å². The zero-order valence-electron chi connectivity index (χ0n) is 12.0. The normalized spacial score (nSPS) is 21.2. The van der Waals surface area contributed by atoms with Crippen LogP contribution in [0.2, 0.25) is 0 Å².